The number of hydrogen-bond donors (Lipinski definition) is 1. The first-order valence-electron chi connectivity index (χ1n) is 7.68. The maximum absolute atomic E-state index is 11.8. The smallest absolute Gasteiger partial charge is 0.253 e. The quantitative estimate of drug-likeness (QED) is 0.854. The molecule has 2 atom stereocenters. The second-order valence-corrected chi connectivity index (χ2v) is 6.45. The fraction of sp³-hybridized carbons (Fsp3) is 0.500. The van der Waals surface area contributed by atoms with E-state index in [2.05, 4.69) is 25.2 Å². The zero-order chi connectivity index (χ0) is 15.4. The lowest BCUT2D eigenvalue weighted by molar-refractivity contribution is 0.0827. The molecule has 0 spiro atoms. The number of nitrogens with zero attached hydrogens (tertiary/aromatic N) is 1. The van der Waals surface area contributed by atoms with Crippen LogP contribution in [0.2, 0.25) is 0 Å². The summed E-state index contributed by atoms with van der Waals surface area (Å²) in [5, 5.41) is 3.50. The van der Waals surface area contributed by atoms with E-state index < -0.39 is 0 Å². The van der Waals surface area contributed by atoms with Crippen LogP contribution < -0.4 is 5.32 Å². The number of amides is 1. The highest BCUT2D eigenvalue weighted by molar-refractivity contribution is 5.94. The third-order valence-electron chi connectivity index (χ3n) is 4.02. The van der Waals surface area contributed by atoms with Gasteiger partial charge < -0.3 is 10.2 Å². The largest absolute Gasteiger partial charge is 0.385 e. The van der Waals surface area contributed by atoms with Crippen LogP contribution in [-0.4, -0.2) is 31.4 Å². The van der Waals surface area contributed by atoms with Gasteiger partial charge in [0.2, 0.25) is 0 Å². The maximum atomic E-state index is 11.8. The fourth-order valence-electron chi connectivity index (χ4n) is 3.09. The van der Waals surface area contributed by atoms with Crippen LogP contribution in [0.25, 0.3) is 0 Å². The molecule has 3 nitrogen and oxygen atoms in total. The molecular weight excluding hydrogens is 260 g/mol. The topological polar surface area (TPSA) is 32.3 Å². The van der Waals surface area contributed by atoms with Crippen LogP contribution in [0.15, 0.2) is 35.9 Å². The number of anilines is 1. The van der Waals surface area contributed by atoms with Crippen molar-refractivity contribution in [3.8, 4) is 0 Å². The monoisotopic (exact) mass is 286 g/mol. The van der Waals surface area contributed by atoms with Gasteiger partial charge in [0.15, 0.2) is 0 Å². The molecule has 1 amide bonds. The molecule has 0 aliphatic heterocycles. The molecule has 2 unspecified atom stereocenters. The number of carbonyl (C=O) groups excluding carboxylic acids is 1. The molecular formula is C18H26N2O. The first-order chi connectivity index (χ1) is 9.95. The highest BCUT2D eigenvalue weighted by Crippen LogP contribution is 2.28. The van der Waals surface area contributed by atoms with E-state index >= 15 is 0 Å². The predicted octanol–water partition coefficient (Wildman–Crippen LogP) is 3.79. The number of allylic oxidation sites excluding steroid dienone is 2. The second-order valence-electron chi connectivity index (χ2n) is 6.45. The van der Waals surface area contributed by atoms with Crippen LogP contribution >= 0.6 is 0 Å². The molecule has 1 aliphatic carbocycles. The van der Waals surface area contributed by atoms with E-state index in [0.717, 1.165) is 17.8 Å². The van der Waals surface area contributed by atoms with Gasteiger partial charge in [-0.1, -0.05) is 18.6 Å². The predicted molar refractivity (Wildman–Crippen MR) is 88.6 cm³/mol. The molecule has 0 radical (unpaired) electrons. The van der Waals surface area contributed by atoms with E-state index in [1.54, 1.807) is 19.0 Å². The lowest BCUT2D eigenvalue weighted by Gasteiger charge is -2.26. The highest BCUT2D eigenvalue weighted by atomic mass is 16.2. The summed E-state index contributed by atoms with van der Waals surface area (Å²) in [5.74, 6) is 1.43. The van der Waals surface area contributed by atoms with E-state index in [1.807, 2.05) is 24.3 Å². The Balaban J connectivity index is 1.90. The Labute approximate surface area is 128 Å². The second kappa shape index (κ2) is 6.79. The van der Waals surface area contributed by atoms with Crippen LogP contribution in [0.3, 0.4) is 0 Å². The van der Waals surface area contributed by atoms with Gasteiger partial charge in [0.25, 0.3) is 5.91 Å². The van der Waals surface area contributed by atoms with E-state index in [0.29, 0.717) is 11.8 Å². The van der Waals surface area contributed by atoms with Gasteiger partial charge >= 0.3 is 0 Å². The summed E-state index contributed by atoms with van der Waals surface area (Å²) in [5.41, 5.74) is 3.33. The third-order valence-corrected chi connectivity index (χ3v) is 4.02. The molecule has 2 rings (SSSR count). The Morgan fingerprint density at radius 2 is 1.95 bits per heavy atom. The number of nitrogens with one attached hydrogen (secondary N) is 1. The minimum atomic E-state index is 0.0448. The number of hydrogen-bond acceptors (Lipinski definition) is 2. The van der Waals surface area contributed by atoms with Crippen molar-refractivity contribution in [2.24, 2.45) is 11.8 Å². The normalized spacial score (nSPS) is 21.6. The highest BCUT2D eigenvalue weighted by Gasteiger charge is 2.17. The minimum Gasteiger partial charge on any atom is -0.385 e. The van der Waals surface area contributed by atoms with E-state index in [-0.39, 0.29) is 5.91 Å². The van der Waals surface area contributed by atoms with Crippen LogP contribution in [0, 0.1) is 11.8 Å². The Bertz CT molecular complexity index is 517. The molecule has 0 fully saturated rings. The molecule has 114 valence electrons. The summed E-state index contributed by atoms with van der Waals surface area (Å²) in [6.45, 7) is 5.51. The van der Waals surface area contributed by atoms with Crippen molar-refractivity contribution >= 4 is 11.6 Å². The van der Waals surface area contributed by atoms with E-state index in [1.165, 1.54) is 18.4 Å². The van der Waals surface area contributed by atoms with E-state index in [4.69, 9.17) is 0 Å². The van der Waals surface area contributed by atoms with Crippen molar-refractivity contribution in [1.82, 2.24) is 4.90 Å². The van der Waals surface area contributed by atoms with Crippen molar-refractivity contribution in [1.29, 1.82) is 0 Å². The summed E-state index contributed by atoms with van der Waals surface area (Å²) in [4.78, 5) is 13.4. The molecule has 1 N–H and O–H groups in total. The van der Waals surface area contributed by atoms with Crippen molar-refractivity contribution in [2.75, 3.05) is 26.0 Å². The lowest BCUT2D eigenvalue weighted by atomic mass is 9.84. The zero-order valence-corrected chi connectivity index (χ0v) is 13.5. The molecule has 1 aliphatic rings. The molecule has 21 heavy (non-hydrogen) atoms. The first-order valence-corrected chi connectivity index (χ1v) is 7.68. The molecule has 0 aromatic heterocycles. The molecule has 3 heteroatoms. The van der Waals surface area contributed by atoms with Gasteiger partial charge in [-0.3, -0.25) is 4.79 Å². The van der Waals surface area contributed by atoms with Crippen molar-refractivity contribution < 1.29 is 4.79 Å². The van der Waals surface area contributed by atoms with Crippen LogP contribution in [-0.2, 0) is 0 Å². The Morgan fingerprint density at radius 3 is 2.52 bits per heavy atom. The average molecular weight is 286 g/mol. The van der Waals surface area contributed by atoms with Gasteiger partial charge in [0.05, 0.1) is 0 Å². The Kier molecular flexibility index (Phi) is 5.05. The van der Waals surface area contributed by atoms with Gasteiger partial charge in [-0.2, -0.15) is 0 Å². The maximum Gasteiger partial charge on any atom is 0.253 e. The van der Waals surface area contributed by atoms with Gasteiger partial charge in [-0.25, -0.2) is 0 Å². The van der Waals surface area contributed by atoms with Gasteiger partial charge in [0, 0.05) is 31.9 Å². The molecule has 0 heterocycles. The van der Waals surface area contributed by atoms with Crippen LogP contribution in [0.5, 0.6) is 0 Å². The molecule has 0 saturated carbocycles. The molecule has 0 bridgehead atoms. The van der Waals surface area contributed by atoms with Gasteiger partial charge in [0.1, 0.15) is 0 Å². The number of benzene rings is 1. The minimum absolute atomic E-state index is 0.0448. The van der Waals surface area contributed by atoms with Gasteiger partial charge in [-0.05, 0) is 55.9 Å². The Morgan fingerprint density at radius 1 is 1.29 bits per heavy atom. The van der Waals surface area contributed by atoms with Crippen molar-refractivity contribution in [2.45, 2.75) is 26.7 Å². The average Bonchev–Trinajstić information content (AvgIpc) is 2.44. The standard InChI is InChI=1S/C18H26N2O/c1-13-9-14(2)11-15(10-13)12-19-17-7-5-16(6-8-17)18(21)20(3)4/h5-9,13,15,19H,10-12H2,1-4H3. The lowest BCUT2D eigenvalue weighted by Crippen LogP contribution is -2.22. The van der Waals surface area contributed by atoms with Crippen LogP contribution in [0.4, 0.5) is 5.69 Å². The molecule has 0 saturated heterocycles. The Hall–Kier alpha value is -1.77. The van der Waals surface area contributed by atoms with Crippen LogP contribution in [0.1, 0.15) is 37.0 Å². The zero-order valence-electron chi connectivity index (χ0n) is 13.5. The summed E-state index contributed by atoms with van der Waals surface area (Å²) in [6.07, 6.45) is 4.83. The molecule has 1 aromatic carbocycles. The number of rotatable bonds is 4. The van der Waals surface area contributed by atoms with E-state index in [9.17, 15) is 4.79 Å². The summed E-state index contributed by atoms with van der Waals surface area (Å²) < 4.78 is 0. The summed E-state index contributed by atoms with van der Waals surface area (Å²) in [6, 6.07) is 7.76. The number of carbonyl (C=O) groups is 1. The van der Waals surface area contributed by atoms with Crippen molar-refractivity contribution in [3.63, 3.8) is 0 Å². The molecule has 1 aromatic rings. The van der Waals surface area contributed by atoms with Gasteiger partial charge in [-0.15, -0.1) is 0 Å². The SMILES string of the molecule is CC1=CC(C)CC(CNc2ccc(C(=O)N(C)C)cc2)C1. The fourth-order valence-corrected chi connectivity index (χ4v) is 3.09. The summed E-state index contributed by atoms with van der Waals surface area (Å²) >= 11 is 0. The third kappa shape index (κ3) is 4.35. The summed E-state index contributed by atoms with van der Waals surface area (Å²) in [7, 11) is 3.54. The first kappa shape index (κ1) is 15.6. The van der Waals surface area contributed by atoms with Crippen molar-refractivity contribution in [3.05, 3.63) is 41.5 Å².